The molecule has 0 fully saturated rings. The molecule has 0 radical (unpaired) electrons. The SMILES string of the molecule is CSCC[C@@H](C)NC(=O)NC[C@@H](c1ccsc1)N(C)C. The minimum atomic E-state index is -0.0827. The fourth-order valence-electron chi connectivity index (χ4n) is 1.89. The highest BCUT2D eigenvalue weighted by atomic mass is 32.2. The summed E-state index contributed by atoms with van der Waals surface area (Å²) in [5.41, 5.74) is 1.25. The van der Waals surface area contributed by atoms with E-state index in [1.54, 1.807) is 23.1 Å². The highest BCUT2D eigenvalue weighted by Gasteiger charge is 2.16. The average Bonchev–Trinajstić information content (AvgIpc) is 2.90. The molecule has 0 saturated carbocycles. The number of nitrogens with one attached hydrogen (secondary N) is 2. The summed E-state index contributed by atoms with van der Waals surface area (Å²) in [4.78, 5) is 14.0. The first-order chi connectivity index (χ1) is 9.54. The third-order valence-corrected chi connectivity index (χ3v) is 4.49. The molecule has 1 aromatic rings. The summed E-state index contributed by atoms with van der Waals surface area (Å²) in [6.45, 7) is 2.66. The van der Waals surface area contributed by atoms with Gasteiger partial charge in [0.1, 0.15) is 0 Å². The first kappa shape index (κ1) is 17.3. The van der Waals surface area contributed by atoms with Gasteiger partial charge in [-0.1, -0.05) is 0 Å². The van der Waals surface area contributed by atoms with E-state index in [4.69, 9.17) is 0 Å². The number of thiophene rings is 1. The molecule has 0 aliphatic rings. The van der Waals surface area contributed by atoms with Crippen LogP contribution in [0.2, 0.25) is 0 Å². The molecule has 6 heteroatoms. The molecular weight excluding hydrogens is 290 g/mol. The Morgan fingerprint density at radius 3 is 2.80 bits per heavy atom. The minimum absolute atomic E-state index is 0.0827. The highest BCUT2D eigenvalue weighted by Crippen LogP contribution is 2.19. The lowest BCUT2D eigenvalue weighted by Gasteiger charge is -2.24. The third kappa shape index (κ3) is 6.15. The summed E-state index contributed by atoms with van der Waals surface area (Å²) in [7, 11) is 4.06. The number of hydrogen-bond donors (Lipinski definition) is 2. The Morgan fingerprint density at radius 2 is 2.25 bits per heavy atom. The maximum atomic E-state index is 11.9. The molecule has 0 bridgehead atoms. The van der Waals surface area contributed by atoms with E-state index < -0.39 is 0 Å². The van der Waals surface area contributed by atoms with E-state index in [2.05, 4.69) is 38.6 Å². The number of urea groups is 1. The molecule has 0 spiro atoms. The van der Waals surface area contributed by atoms with Crippen LogP contribution in [0.15, 0.2) is 16.8 Å². The molecule has 1 rings (SSSR count). The van der Waals surface area contributed by atoms with Crippen molar-refractivity contribution in [2.45, 2.75) is 25.4 Å². The van der Waals surface area contributed by atoms with Gasteiger partial charge in [-0.25, -0.2) is 4.79 Å². The van der Waals surface area contributed by atoms with Gasteiger partial charge in [0.15, 0.2) is 0 Å². The van der Waals surface area contributed by atoms with Crippen LogP contribution in [0.4, 0.5) is 4.79 Å². The van der Waals surface area contributed by atoms with E-state index >= 15 is 0 Å². The number of hydrogen-bond acceptors (Lipinski definition) is 4. The van der Waals surface area contributed by atoms with E-state index in [0.717, 1.165) is 12.2 Å². The van der Waals surface area contributed by atoms with Crippen molar-refractivity contribution in [3.05, 3.63) is 22.4 Å². The van der Waals surface area contributed by atoms with Crippen molar-refractivity contribution in [2.75, 3.05) is 32.6 Å². The smallest absolute Gasteiger partial charge is 0.315 e. The fourth-order valence-corrected chi connectivity index (χ4v) is 3.19. The lowest BCUT2D eigenvalue weighted by Crippen LogP contribution is -2.44. The summed E-state index contributed by atoms with van der Waals surface area (Å²) >= 11 is 3.48. The van der Waals surface area contributed by atoms with E-state index in [1.807, 2.05) is 21.0 Å². The number of carbonyl (C=O) groups is 1. The van der Waals surface area contributed by atoms with Crippen molar-refractivity contribution in [1.29, 1.82) is 0 Å². The summed E-state index contributed by atoms with van der Waals surface area (Å²) in [5.74, 6) is 1.07. The number of likely N-dealkylation sites (N-methyl/N-ethyl adjacent to an activating group) is 1. The molecule has 0 aromatic carbocycles. The van der Waals surface area contributed by atoms with Crippen LogP contribution < -0.4 is 10.6 Å². The second-order valence-corrected chi connectivity index (χ2v) is 6.84. The number of amides is 2. The summed E-state index contributed by atoms with van der Waals surface area (Å²) < 4.78 is 0. The molecule has 1 heterocycles. The molecule has 4 nitrogen and oxygen atoms in total. The van der Waals surface area contributed by atoms with Gasteiger partial charge in [-0.3, -0.25) is 0 Å². The van der Waals surface area contributed by atoms with Gasteiger partial charge in [-0.2, -0.15) is 23.1 Å². The molecule has 0 aliphatic carbocycles. The number of thioether (sulfide) groups is 1. The third-order valence-electron chi connectivity index (χ3n) is 3.14. The second-order valence-electron chi connectivity index (χ2n) is 5.07. The lowest BCUT2D eigenvalue weighted by molar-refractivity contribution is 0.230. The Kier molecular flexibility index (Phi) is 8.02. The number of nitrogens with zero attached hydrogens (tertiary/aromatic N) is 1. The monoisotopic (exact) mass is 315 g/mol. The average molecular weight is 316 g/mol. The van der Waals surface area contributed by atoms with Crippen molar-refractivity contribution in [1.82, 2.24) is 15.5 Å². The van der Waals surface area contributed by atoms with Crippen molar-refractivity contribution >= 4 is 29.1 Å². The molecule has 1 aromatic heterocycles. The van der Waals surface area contributed by atoms with Crippen LogP contribution in [0.25, 0.3) is 0 Å². The highest BCUT2D eigenvalue weighted by molar-refractivity contribution is 7.98. The predicted octanol–water partition coefficient (Wildman–Crippen LogP) is 2.79. The van der Waals surface area contributed by atoms with Crippen LogP contribution in [-0.2, 0) is 0 Å². The molecule has 2 N–H and O–H groups in total. The van der Waals surface area contributed by atoms with Crippen LogP contribution >= 0.6 is 23.1 Å². The van der Waals surface area contributed by atoms with Gasteiger partial charge in [-0.15, -0.1) is 0 Å². The van der Waals surface area contributed by atoms with Crippen molar-refractivity contribution in [3.63, 3.8) is 0 Å². The van der Waals surface area contributed by atoms with Gasteiger partial charge >= 0.3 is 6.03 Å². The Labute approximate surface area is 130 Å². The van der Waals surface area contributed by atoms with Gasteiger partial charge in [0, 0.05) is 12.6 Å². The molecule has 2 atom stereocenters. The number of rotatable bonds is 8. The summed E-state index contributed by atoms with van der Waals surface area (Å²) in [6, 6.07) is 2.45. The molecule has 2 amide bonds. The Balaban J connectivity index is 2.38. The van der Waals surface area contributed by atoms with Crippen LogP contribution in [0.5, 0.6) is 0 Å². The molecular formula is C14H25N3OS2. The molecule has 114 valence electrons. The molecule has 0 unspecified atom stereocenters. The topological polar surface area (TPSA) is 44.4 Å². The molecule has 20 heavy (non-hydrogen) atoms. The minimum Gasteiger partial charge on any atom is -0.336 e. The van der Waals surface area contributed by atoms with Crippen LogP contribution in [0, 0.1) is 0 Å². The van der Waals surface area contributed by atoms with Gasteiger partial charge in [0.2, 0.25) is 0 Å². The first-order valence-corrected chi connectivity index (χ1v) is 9.10. The zero-order valence-electron chi connectivity index (χ0n) is 12.7. The van der Waals surface area contributed by atoms with Crippen molar-refractivity contribution in [2.24, 2.45) is 0 Å². The maximum Gasteiger partial charge on any atom is 0.315 e. The van der Waals surface area contributed by atoms with E-state index in [1.165, 1.54) is 5.56 Å². The lowest BCUT2D eigenvalue weighted by atomic mass is 10.1. The largest absolute Gasteiger partial charge is 0.336 e. The summed E-state index contributed by atoms with van der Waals surface area (Å²) in [6.07, 6.45) is 3.07. The normalized spacial score (nSPS) is 14.1. The first-order valence-electron chi connectivity index (χ1n) is 6.76. The van der Waals surface area contributed by atoms with Crippen LogP contribution in [-0.4, -0.2) is 49.6 Å². The zero-order chi connectivity index (χ0) is 15.0. The maximum absolute atomic E-state index is 11.9. The van der Waals surface area contributed by atoms with Gasteiger partial charge in [-0.05, 0) is 61.8 Å². The van der Waals surface area contributed by atoms with Crippen molar-refractivity contribution < 1.29 is 4.79 Å². The Morgan fingerprint density at radius 1 is 1.50 bits per heavy atom. The van der Waals surface area contributed by atoms with Gasteiger partial charge in [0.05, 0.1) is 6.04 Å². The van der Waals surface area contributed by atoms with Gasteiger partial charge < -0.3 is 15.5 Å². The standard InChI is InChI=1S/C14H25N3OS2/c1-11(5-7-19-4)16-14(18)15-9-13(17(2)3)12-6-8-20-10-12/h6,8,10-11,13H,5,7,9H2,1-4H3,(H2,15,16,18)/t11-,13+/m1/s1. The van der Waals surface area contributed by atoms with Crippen molar-refractivity contribution in [3.8, 4) is 0 Å². The van der Waals surface area contributed by atoms with E-state index in [-0.39, 0.29) is 18.1 Å². The fraction of sp³-hybridized carbons (Fsp3) is 0.643. The second kappa shape index (κ2) is 9.26. The zero-order valence-corrected chi connectivity index (χ0v) is 14.3. The Bertz CT molecular complexity index is 382. The molecule has 0 aliphatic heterocycles. The van der Waals surface area contributed by atoms with E-state index in [0.29, 0.717) is 6.54 Å². The molecule has 0 saturated heterocycles. The van der Waals surface area contributed by atoms with E-state index in [9.17, 15) is 4.79 Å². The Hall–Kier alpha value is -0.720. The van der Waals surface area contributed by atoms with Crippen LogP contribution in [0.3, 0.4) is 0 Å². The summed E-state index contributed by atoms with van der Waals surface area (Å²) in [5, 5.41) is 10.1. The van der Waals surface area contributed by atoms with Crippen LogP contribution in [0.1, 0.15) is 24.9 Å². The number of carbonyl (C=O) groups excluding carboxylic acids is 1. The van der Waals surface area contributed by atoms with Gasteiger partial charge in [0.25, 0.3) is 0 Å². The predicted molar refractivity (Wildman–Crippen MR) is 89.7 cm³/mol. The quantitative estimate of drug-likeness (QED) is 0.775.